The normalized spacial score (nSPS) is 18.2. The third kappa shape index (κ3) is 3.41. The number of benzene rings is 1. The Hall–Kier alpha value is -2.86. The minimum Gasteiger partial charge on any atom is -0.332 e. The molecule has 1 aromatic carbocycles. The average Bonchev–Trinajstić information content (AvgIpc) is 2.68. The Labute approximate surface area is 152 Å². The van der Waals surface area contributed by atoms with Crippen LogP contribution in [0, 0.1) is 0 Å². The van der Waals surface area contributed by atoms with E-state index in [-0.39, 0.29) is 11.9 Å². The molecule has 1 unspecified atom stereocenters. The Morgan fingerprint density at radius 1 is 1.08 bits per heavy atom. The van der Waals surface area contributed by atoms with Crippen molar-refractivity contribution in [2.45, 2.75) is 19.5 Å². The third-order valence-electron chi connectivity index (χ3n) is 4.77. The fraction of sp³-hybridized carbons (Fsp3) is 0.300. The van der Waals surface area contributed by atoms with Gasteiger partial charge in [-0.3, -0.25) is 14.7 Å². The van der Waals surface area contributed by atoms with Crippen molar-refractivity contribution < 1.29 is 4.79 Å². The van der Waals surface area contributed by atoms with Crippen LogP contribution in [-0.4, -0.2) is 56.3 Å². The highest BCUT2D eigenvalue weighted by molar-refractivity contribution is 5.94. The first kappa shape index (κ1) is 16.6. The number of carbonyl (C=O) groups excluding carboxylic acids is 1. The summed E-state index contributed by atoms with van der Waals surface area (Å²) in [6, 6.07) is 14.1. The Morgan fingerprint density at radius 2 is 1.88 bits per heavy atom. The molecule has 1 aliphatic heterocycles. The van der Waals surface area contributed by atoms with E-state index in [2.05, 4.69) is 51.0 Å². The molecule has 0 N–H and O–H groups in total. The van der Waals surface area contributed by atoms with E-state index in [1.54, 1.807) is 24.5 Å². The zero-order chi connectivity index (χ0) is 17.9. The Bertz CT molecular complexity index is 914. The number of hydrogen-bond donors (Lipinski definition) is 0. The molecule has 6 heteroatoms. The Morgan fingerprint density at radius 3 is 2.69 bits per heavy atom. The third-order valence-corrected chi connectivity index (χ3v) is 4.77. The maximum Gasteiger partial charge on any atom is 0.272 e. The van der Waals surface area contributed by atoms with E-state index in [9.17, 15) is 4.79 Å². The lowest BCUT2D eigenvalue weighted by molar-refractivity contribution is 0.0470. The zero-order valence-corrected chi connectivity index (χ0v) is 14.7. The fourth-order valence-corrected chi connectivity index (χ4v) is 3.44. The molecule has 26 heavy (non-hydrogen) atoms. The zero-order valence-electron chi connectivity index (χ0n) is 14.7. The lowest BCUT2D eigenvalue weighted by atomic mass is 10.1. The molecule has 4 rings (SSSR count). The van der Waals surface area contributed by atoms with E-state index in [1.165, 1.54) is 5.56 Å². The second-order valence-electron chi connectivity index (χ2n) is 6.66. The van der Waals surface area contributed by atoms with Crippen LogP contribution >= 0.6 is 0 Å². The molecule has 1 saturated heterocycles. The summed E-state index contributed by atoms with van der Waals surface area (Å²) in [5, 5.41) is 0. The number of piperazine rings is 1. The van der Waals surface area contributed by atoms with Crippen molar-refractivity contribution in [2.75, 3.05) is 19.6 Å². The van der Waals surface area contributed by atoms with E-state index < -0.39 is 0 Å². The van der Waals surface area contributed by atoms with Gasteiger partial charge in [-0.25, -0.2) is 9.97 Å². The SMILES string of the molecule is CC1CN(Cc2ccccc2)CCN1C(=O)c1ccc2nccnc2n1. The summed E-state index contributed by atoms with van der Waals surface area (Å²) in [6.45, 7) is 5.42. The van der Waals surface area contributed by atoms with E-state index in [0.717, 1.165) is 19.6 Å². The summed E-state index contributed by atoms with van der Waals surface area (Å²) in [6.07, 6.45) is 3.22. The molecule has 132 valence electrons. The van der Waals surface area contributed by atoms with E-state index in [1.807, 2.05) is 11.0 Å². The predicted octanol–water partition coefficient (Wildman–Crippen LogP) is 2.37. The minimum atomic E-state index is -0.0376. The van der Waals surface area contributed by atoms with Crippen molar-refractivity contribution in [3.8, 4) is 0 Å². The highest BCUT2D eigenvalue weighted by Gasteiger charge is 2.28. The predicted molar refractivity (Wildman–Crippen MR) is 99.6 cm³/mol. The van der Waals surface area contributed by atoms with Gasteiger partial charge in [0.15, 0.2) is 5.65 Å². The van der Waals surface area contributed by atoms with Crippen molar-refractivity contribution in [3.63, 3.8) is 0 Å². The smallest absolute Gasteiger partial charge is 0.272 e. The molecule has 1 amide bonds. The van der Waals surface area contributed by atoms with Crippen LogP contribution in [0.15, 0.2) is 54.9 Å². The van der Waals surface area contributed by atoms with Gasteiger partial charge in [-0.1, -0.05) is 30.3 Å². The quantitative estimate of drug-likeness (QED) is 0.728. The molecule has 0 aliphatic carbocycles. The van der Waals surface area contributed by atoms with Gasteiger partial charge in [-0.15, -0.1) is 0 Å². The molecule has 3 heterocycles. The molecule has 2 aromatic heterocycles. The van der Waals surface area contributed by atoms with Crippen LogP contribution in [0.25, 0.3) is 11.2 Å². The topological polar surface area (TPSA) is 62.2 Å². The second-order valence-corrected chi connectivity index (χ2v) is 6.66. The van der Waals surface area contributed by atoms with Gasteiger partial charge >= 0.3 is 0 Å². The second kappa shape index (κ2) is 7.17. The standard InChI is InChI=1S/C20H21N5O/c1-15-13-24(14-16-5-3-2-4-6-16)11-12-25(15)20(26)18-8-7-17-19(23-18)22-10-9-21-17/h2-10,15H,11-14H2,1H3. The molecule has 6 nitrogen and oxygen atoms in total. The summed E-state index contributed by atoms with van der Waals surface area (Å²) in [5.74, 6) is -0.0376. The van der Waals surface area contributed by atoms with Crippen molar-refractivity contribution >= 4 is 17.1 Å². The molecule has 0 radical (unpaired) electrons. The molecule has 0 saturated carbocycles. The molecular weight excluding hydrogens is 326 g/mol. The highest BCUT2D eigenvalue weighted by atomic mass is 16.2. The van der Waals surface area contributed by atoms with Crippen LogP contribution in [0.2, 0.25) is 0 Å². The number of pyridine rings is 1. The molecule has 1 fully saturated rings. The van der Waals surface area contributed by atoms with Gasteiger partial charge < -0.3 is 4.90 Å². The summed E-state index contributed by atoms with van der Waals surface area (Å²) >= 11 is 0. The Kier molecular flexibility index (Phi) is 4.58. The molecular formula is C20H21N5O. The number of carbonyl (C=O) groups is 1. The van der Waals surface area contributed by atoms with Gasteiger partial charge in [0.1, 0.15) is 11.2 Å². The van der Waals surface area contributed by atoms with Gasteiger partial charge in [0.2, 0.25) is 0 Å². The van der Waals surface area contributed by atoms with E-state index in [0.29, 0.717) is 23.4 Å². The molecule has 0 bridgehead atoms. The monoisotopic (exact) mass is 347 g/mol. The van der Waals surface area contributed by atoms with Gasteiger partial charge in [-0.2, -0.15) is 0 Å². The largest absolute Gasteiger partial charge is 0.332 e. The highest BCUT2D eigenvalue weighted by Crippen LogP contribution is 2.16. The van der Waals surface area contributed by atoms with Crippen LogP contribution in [0.3, 0.4) is 0 Å². The average molecular weight is 347 g/mol. The van der Waals surface area contributed by atoms with Crippen molar-refractivity contribution in [2.24, 2.45) is 0 Å². The maximum atomic E-state index is 12.9. The molecule has 1 atom stereocenters. The summed E-state index contributed by atoms with van der Waals surface area (Å²) in [5.41, 5.74) is 2.94. The van der Waals surface area contributed by atoms with Crippen molar-refractivity contribution in [1.82, 2.24) is 24.8 Å². The van der Waals surface area contributed by atoms with Gasteiger partial charge in [0, 0.05) is 44.6 Å². The first-order valence-electron chi connectivity index (χ1n) is 8.86. The first-order chi connectivity index (χ1) is 12.7. The van der Waals surface area contributed by atoms with Gasteiger partial charge in [0.05, 0.1) is 0 Å². The number of hydrogen-bond acceptors (Lipinski definition) is 5. The van der Waals surface area contributed by atoms with Crippen molar-refractivity contribution in [1.29, 1.82) is 0 Å². The summed E-state index contributed by atoms with van der Waals surface area (Å²) in [7, 11) is 0. The van der Waals surface area contributed by atoms with Crippen LogP contribution in [0.5, 0.6) is 0 Å². The lowest BCUT2D eigenvalue weighted by Crippen LogP contribution is -2.53. The first-order valence-corrected chi connectivity index (χ1v) is 8.86. The minimum absolute atomic E-state index is 0.0376. The summed E-state index contributed by atoms with van der Waals surface area (Å²) < 4.78 is 0. The van der Waals surface area contributed by atoms with E-state index >= 15 is 0 Å². The number of nitrogens with zero attached hydrogens (tertiary/aromatic N) is 5. The lowest BCUT2D eigenvalue weighted by Gasteiger charge is -2.39. The van der Waals surface area contributed by atoms with Crippen LogP contribution < -0.4 is 0 Å². The van der Waals surface area contributed by atoms with Crippen LogP contribution in [-0.2, 0) is 6.54 Å². The fourth-order valence-electron chi connectivity index (χ4n) is 3.44. The van der Waals surface area contributed by atoms with Gasteiger partial charge in [-0.05, 0) is 24.6 Å². The maximum absolute atomic E-state index is 12.9. The van der Waals surface area contributed by atoms with E-state index in [4.69, 9.17) is 0 Å². The Balaban J connectivity index is 1.45. The van der Waals surface area contributed by atoms with Gasteiger partial charge in [0.25, 0.3) is 5.91 Å². The van der Waals surface area contributed by atoms with Crippen molar-refractivity contribution in [3.05, 3.63) is 66.1 Å². The molecule has 0 spiro atoms. The number of rotatable bonds is 3. The molecule has 3 aromatic rings. The van der Waals surface area contributed by atoms with Crippen LogP contribution in [0.1, 0.15) is 23.0 Å². The number of amides is 1. The number of fused-ring (bicyclic) bond motifs is 1. The number of aromatic nitrogens is 3. The summed E-state index contributed by atoms with van der Waals surface area (Å²) in [4.78, 5) is 30.0. The van der Waals surface area contributed by atoms with Crippen LogP contribution in [0.4, 0.5) is 0 Å². The molecule has 1 aliphatic rings.